The number of benzene rings is 1. The number of hydrogen-bond acceptors (Lipinski definition) is 4. The summed E-state index contributed by atoms with van der Waals surface area (Å²) in [6.07, 6.45) is 5.85. The molecule has 27 heavy (non-hydrogen) atoms. The van der Waals surface area contributed by atoms with Crippen LogP contribution in [0.2, 0.25) is 0 Å². The lowest BCUT2D eigenvalue weighted by Gasteiger charge is -2.16. The van der Waals surface area contributed by atoms with Crippen LogP contribution in [0.15, 0.2) is 54.3 Å². The Morgan fingerprint density at radius 2 is 1.78 bits per heavy atom. The van der Waals surface area contributed by atoms with Crippen molar-refractivity contribution < 1.29 is 4.18 Å². The summed E-state index contributed by atoms with van der Waals surface area (Å²) in [5.41, 5.74) is 17.2. The minimum Gasteiger partial charge on any atom is -0.429 e. The molecule has 0 radical (unpaired) electrons. The second-order valence-electron chi connectivity index (χ2n) is 5.82. The molecule has 0 saturated heterocycles. The van der Waals surface area contributed by atoms with Gasteiger partial charge in [0.1, 0.15) is 5.76 Å². The molecule has 0 aliphatic heterocycles. The molecule has 0 aliphatic rings. The summed E-state index contributed by atoms with van der Waals surface area (Å²) in [4.78, 5) is 0. The van der Waals surface area contributed by atoms with Crippen LogP contribution in [-0.2, 0) is 4.18 Å². The second kappa shape index (κ2) is 15.3. The van der Waals surface area contributed by atoms with Crippen LogP contribution < -0.4 is 11.5 Å². The zero-order valence-corrected chi connectivity index (χ0v) is 19.2. The van der Waals surface area contributed by atoms with Crippen molar-refractivity contribution in [1.29, 1.82) is 0 Å². The van der Waals surface area contributed by atoms with Crippen LogP contribution in [0.25, 0.3) is 11.1 Å². The highest BCUT2D eigenvalue weighted by molar-refractivity contribution is 7.75. The zero-order chi connectivity index (χ0) is 21.6. The highest BCUT2D eigenvalue weighted by atomic mass is 32.1. The first-order chi connectivity index (χ1) is 12.8. The van der Waals surface area contributed by atoms with Crippen LogP contribution in [0, 0.1) is 6.92 Å². The monoisotopic (exact) mass is 390 g/mol. The van der Waals surface area contributed by atoms with Crippen LogP contribution in [-0.4, -0.2) is 13.1 Å². The smallest absolute Gasteiger partial charge is 0.136 e. The van der Waals surface area contributed by atoms with Crippen LogP contribution in [0.1, 0.15) is 58.2 Å². The lowest BCUT2D eigenvalue weighted by Crippen LogP contribution is -2.17. The predicted octanol–water partition coefficient (Wildman–Crippen LogP) is 6.07. The number of allylic oxidation sites excluding steroid dienone is 5. The number of rotatable bonds is 6. The van der Waals surface area contributed by atoms with Gasteiger partial charge in [-0.25, -0.2) is 0 Å². The third kappa shape index (κ3) is 8.65. The molecular formula is C23H38N2OS. The minimum absolute atomic E-state index is 0.0146. The molecule has 1 aromatic rings. The summed E-state index contributed by atoms with van der Waals surface area (Å²) in [5, 5.41) is 0. The maximum atomic E-state index is 6.11. The SMILES string of the molecule is C=C/C(=C\C(OS)=C(C)C)c1ccc(C)c(/C(=C\C)C(C)N)c1.CC.CN. The van der Waals surface area contributed by atoms with Crippen molar-refractivity contribution in [2.75, 3.05) is 7.05 Å². The Kier molecular flexibility index (Phi) is 15.6. The first-order valence-corrected chi connectivity index (χ1v) is 9.66. The van der Waals surface area contributed by atoms with E-state index in [9.17, 15) is 0 Å². The Labute approximate surface area is 172 Å². The van der Waals surface area contributed by atoms with E-state index in [1.165, 1.54) is 18.2 Å². The summed E-state index contributed by atoms with van der Waals surface area (Å²) in [5.74, 6) is 0.726. The Morgan fingerprint density at radius 3 is 2.15 bits per heavy atom. The summed E-state index contributed by atoms with van der Waals surface area (Å²) in [6, 6.07) is 6.33. The van der Waals surface area contributed by atoms with Crippen molar-refractivity contribution in [3.05, 3.63) is 71.0 Å². The van der Waals surface area contributed by atoms with Crippen molar-refractivity contribution in [2.24, 2.45) is 11.5 Å². The Hall–Kier alpha value is -1.75. The largest absolute Gasteiger partial charge is 0.429 e. The van der Waals surface area contributed by atoms with Gasteiger partial charge in [-0.1, -0.05) is 44.7 Å². The van der Waals surface area contributed by atoms with E-state index in [1.807, 2.05) is 53.7 Å². The molecule has 0 bridgehead atoms. The molecule has 0 fully saturated rings. The van der Waals surface area contributed by atoms with Crippen molar-refractivity contribution in [3.8, 4) is 0 Å². The molecule has 1 rings (SSSR count). The highest BCUT2D eigenvalue weighted by Gasteiger charge is 2.11. The first kappa shape index (κ1) is 27.5. The van der Waals surface area contributed by atoms with E-state index in [0.717, 1.165) is 28.0 Å². The molecule has 1 unspecified atom stereocenters. The summed E-state index contributed by atoms with van der Waals surface area (Å²) in [6.45, 7) is 18.0. The third-order valence-corrected chi connectivity index (χ3v) is 3.98. The van der Waals surface area contributed by atoms with Gasteiger partial charge < -0.3 is 15.7 Å². The van der Waals surface area contributed by atoms with Crippen LogP contribution in [0.5, 0.6) is 0 Å². The van der Waals surface area contributed by atoms with Gasteiger partial charge in [0.05, 0.1) is 0 Å². The van der Waals surface area contributed by atoms with Crippen LogP contribution in [0.4, 0.5) is 0 Å². The number of hydrogen-bond donors (Lipinski definition) is 3. The van der Waals surface area contributed by atoms with Crippen molar-refractivity contribution >= 4 is 24.1 Å². The van der Waals surface area contributed by atoms with E-state index >= 15 is 0 Å². The summed E-state index contributed by atoms with van der Waals surface area (Å²) >= 11 is 3.93. The Morgan fingerprint density at radius 1 is 1.22 bits per heavy atom. The Bertz CT molecular complexity index is 667. The molecule has 152 valence electrons. The first-order valence-electron chi connectivity index (χ1n) is 9.29. The lowest BCUT2D eigenvalue weighted by molar-refractivity contribution is 0.524. The second-order valence-corrected chi connectivity index (χ2v) is 6.00. The van der Waals surface area contributed by atoms with Crippen molar-refractivity contribution in [3.63, 3.8) is 0 Å². The molecule has 1 atom stereocenters. The van der Waals surface area contributed by atoms with E-state index in [0.29, 0.717) is 0 Å². The third-order valence-electron chi connectivity index (χ3n) is 3.78. The van der Waals surface area contributed by atoms with Crippen molar-refractivity contribution in [2.45, 2.75) is 54.5 Å². The molecule has 0 saturated carbocycles. The minimum atomic E-state index is -0.0146. The predicted molar refractivity (Wildman–Crippen MR) is 127 cm³/mol. The van der Waals surface area contributed by atoms with Crippen LogP contribution >= 0.6 is 12.9 Å². The number of aryl methyl sites for hydroxylation is 1. The van der Waals surface area contributed by atoms with E-state index in [-0.39, 0.29) is 6.04 Å². The van der Waals surface area contributed by atoms with Crippen LogP contribution in [0.3, 0.4) is 0 Å². The van der Waals surface area contributed by atoms with Gasteiger partial charge in [-0.05, 0) is 87.2 Å². The normalized spacial score (nSPS) is 12.0. The fraction of sp³-hybridized carbons (Fsp3) is 0.391. The van der Waals surface area contributed by atoms with Gasteiger partial charge >= 0.3 is 0 Å². The van der Waals surface area contributed by atoms with E-state index < -0.39 is 0 Å². The molecule has 0 aliphatic carbocycles. The van der Waals surface area contributed by atoms with Gasteiger partial charge in [-0.3, -0.25) is 0 Å². The van der Waals surface area contributed by atoms with Gasteiger partial charge in [0, 0.05) is 19.0 Å². The topological polar surface area (TPSA) is 61.3 Å². The summed E-state index contributed by atoms with van der Waals surface area (Å²) < 4.78 is 5.14. The van der Waals surface area contributed by atoms with Gasteiger partial charge in [-0.15, -0.1) is 0 Å². The fourth-order valence-electron chi connectivity index (χ4n) is 2.44. The van der Waals surface area contributed by atoms with E-state index in [2.05, 4.69) is 56.4 Å². The molecule has 3 nitrogen and oxygen atoms in total. The van der Waals surface area contributed by atoms with E-state index in [1.54, 1.807) is 0 Å². The molecule has 4 N–H and O–H groups in total. The maximum absolute atomic E-state index is 6.11. The average molecular weight is 391 g/mol. The molecular weight excluding hydrogens is 352 g/mol. The number of nitrogens with two attached hydrogens (primary N) is 2. The quantitative estimate of drug-likeness (QED) is 0.239. The molecule has 1 aromatic carbocycles. The zero-order valence-electron chi connectivity index (χ0n) is 18.3. The molecule has 0 aromatic heterocycles. The summed E-state index contributed by atoms with van der Waals surface area (Å²) in [7, 11) is 1.50. The average Bonchev–Trinajstić information content (AvgIpc) is 2.67. The van der Waals surface area contributed by atoms with Gasteiger partial charge in [-0.2, -0.15) is 0 Å². The van der Waals surface area contributed by atoms with Crippen molar-refractivity contribution in [1.82, 2.24) is 0 Å². The van der Waals surface area contributed by atoms with Gasteiger partial charge in [0.15, 0.2) is 0 Å². The van der Waals surface area contributed by atoms with E-state index in [4.69, 9.17) is 9.92 Å². The standard InChI is InChI=1S/C20H27NOS.C2H6.CH5N/c1-7-16(12-20(22-23)13(3)4)17-10-9-14(5)19(11-17)18(8-2)15(6)21;2*1-2/h7-12,15,23H,1,21H2,2-6H3;1-2H3;2H2,1H3/b16-12+,18-8-;;. The molecule has 0 spiro atoms. The fourth-order valence-corrected chi connectivity index (χ4v) is 2.67. The van der Waals surface area contributed by atoms with Gasteiger partial charge in [0.2, 0.25) is 0 Å². The molecule has 0 amide bonds. The number of thiol groups is 1. The Balaban J connectivity index is 0. The maximum Gasteiger partial charge on any atom is 0.136 e. The van der Waals surface area contributed by atoms with Gasteiger partial charge in [0.25, 0.3) is 0 Å². The molecule has 4 heteroatoms. The molecule has 0 heterocycles. The highest BCUT2D eigenvalue weighted by Crippen LogP contribution is 2.27. The lowest BCUT2D eigenvalue weighted by atomic mass is 9.91.